The van der Waals surface area contributed by atoms with E-state index < -0.39 is 0 Å². The molecule has 0 saturated carbocycles. The minimum Gasteiger partial charge on any atom is -0.331 e. The molecular weight excluding hydrogens is 168 g/mol. The molecule has 0 radical (unpaired) electrons. The Morgan fingerprint density at radius 2 is 2.15 bits per heavy atom. The summed E-state index contributed by atoms with van der Waals surface area (Å²) in [6, 6.07) is -0.313. The van der Waals surface area contributed by atoms with Crippen LogP contribution in [0.4, 0.5) is 0 Å². The lowest BCUT2D eigenvalue weighted by Crippen LogP contribution is -2.39. The Morgan fingerprint density at radius 3 is 2.62 bits per heavy atom. The first-order chi connectivity index (χ1) is 6.06. The van der Waals surface area contributed by atoms with Gasteiger partial charge in [0.2, 0.25) is 5.91 Å². The zero-order valence-electron chi connectivity index (χ0n) is 8.12. The van der Waals surface area contributed by atoms with Crippen molar-refractivity contribution in [3.8, 4) is 0 Å². The lowest BCUT2D eigenvalue weighted by molar-refractivity contribution is -0.136. The van der Waals surface area contributed by atoms with E-state index in [4.69, 9.17) is 5.73 Å². The van der Waals surface area contributed by atoms with Crippen molar-refractivity contribution in [2.24, 2.45) is 5.73 Å². The van der Waals surface area contributed by atoms with E-state index in [-0.39, 0.29) is 23.8 Å². The predicted molar refractivity (Wildman–Crippen MR) is 49.1 cm³/mol. The van der Waals surface area contributed by atoms with Crippen molar-refractivity contribution in [1.29, 1.82) is 0 Å². The van der Waals surface area contributed by atoms with Crippen LogP contribution in [0.15, 0.2) is 0 Å². The summed E-state index contributed by atoms with van der Waals surface area (Å²) in [4.78, 5) is 24.2. The van der Waals surface area contributed by atoms with Gasteiger partial charge < -0.3 is 10.6 Å². The molecule has 1 heterocycles. The largest absolute Gasteiger partial charge is 0.331 e. The van der Waals surface area contributed by atoms with Crippen molar-refractivity contribution in [2.45, 2.75) is 38.8 Å². The molecule has 0 aromatic heterocycles. The molecule has 2 unspecified atom stereocenters. The monoisotopic (exact) mass is 184 g/mol. The minimum absolute atomic E-state index is 0.0214. The molecule has 1 rings (SSSR count). The second kappa shape index (κ2) is 3.87. The summed E-state index contributed by atoms with van der Waals surface area (Å²) in [5.74, 6) is 0.0582. The number of hydrogen-bond donors (Lipinski definition) is 1. The van der Waals surface area contributed by atoms with Crippen LogP contribution in [0, 0.1) is 0 Å². The maximum Gasteiger partial charge on any atom is 0.222 e. The van der Waals surface area contributed by atoms with E-state index in [0.717, 1.165) is 0 Å². The summed E-state index contributed by atoms with van der Waals surface area (Å²) in [6.45, 7) is 3.83. The highest BCUT2D eigenvalue weighted by atomic mass is 16.2. The lowest BCUT2D eigenvalue weighted by Gasteiger charge is -2.21. The van der Waals surface area contributed by atoms with Gasteiger partial charge in [-0.3, -0.25) is 9.59 Å². The van der Waals surface area contributed by atoms with Gasteiger partial charge in [-0.1, -0.05) is 6.92 Å². The predicted octanol–water partition coefficient (Wildman–Crippen LogP) is -0.0864. The molecule has 13 heavy (non-hydrogen) atoms. The number of likely N-dealkylation sites (tertiary alicyclic amines) is 1. The Kier molecular flexibility index (Phi) is 3.03. The fourth-order valence-electron chi connectivity index (χ4n) is 1.73. The molecular formula is C9H16N2O2. The van der Waals surface area contributed by atoms with Crippen LogP contribution in [0.1, 0.15) is 26.7 Å². The van der Waals surface area contributed by atoms with Gasteiger partial charge >= 0.3 is 0 Å². The molecule has 1 saturated heterocycles. The number of hydrogen-bond acceptors (Lipinski definition) is 3. The topological polar surface area (TPSA) is 63.4 Å². The standard InChI is InChI=1S/C9H16N2O2/c1-3-9(13)11-5-7(10)4-8(11)6(2)12/h7-8H,3-5,10H2,1-2H3. The van der Waals surface area contributed by atoms with E-state index in [1.165, 1.54) is 6.92 Å². The molecule has 0 aromatic rings. The molecule has 0 bridgehead atoms. The Bertz CT molecular complexity index is 228. The van der Waals surface area contributed by atoms with Crippen LogP contribution < -0.4 is 5.73 Å². The van der Waals surface area contributed by atoms with Crippen molar-refractivity contribution < 1.29 is 9.59 Å². The summed E-state index contributed by atoms with van der Waals surface area (Å²) in [5, 5.41) is 0. The summed E-state index contributed by atoms with van der Waals surface area (Å²) < 4.78 is 0. The maximum absolute atomic E-state index is 11.4. The first kappa shape index (κ1) is 10.2. The van der Waals surface area contributed by atoms with Gasteiger partial charge in [-0.05, 0) is 13.3 Å². The van der Waals surface area contributed by atoms with Gasteiger partial charge in [-0.2, -0.15) is 0 Å². The number of rotatable bonds is 2. The van der Waals surface area contributed by atoms with E-state index in [0.29, 0.717) is 19.4 Å². The number of ketones is 1. The first-order valence-corrected chi connectivity index (χ1v) is 4.61. The zero-order valence-corrected chi connectivity index (χ0v) is 8.12. The molecule has 4 nitrogen and oxygen atoms in total. The SMILES string of the molecule is CCC(=O)N1CC(N)CC1C(C)=O. The summed E-state index contributed by atoms with van der Waals surface area (Å²) in [7, 11) is 0. The van der Waals surface area contributed by atoms with E-state index in [1.54, 1.807) is 11.8 Å². The Morgan fingerprint density at radius 1 is 1.54 bits per heavy atom. The molecule has 2 atom stereocenters. The second-order valence-corrected chi connectivity index (χ2v) is 3.52. The quantitative estimate of drug-likeness (QED) is 0.652. The second-order valence-electron chi connectivity index (χ2n) is 3.52. The number of carbonyl (C=O) groups excluding carboxylic acids is 2. The van der Waals surface area contributed by atoms with Crippen molar-refractivity contribution >= 4 is 11.7 Å². The van der Waals surface area contributed by atoms with Crippen LogP contribution in [0.5, 0.6) is 0 Å². The fraction of sp³-hybridized carbons (Fsp3) is 0.778. The van der Waals surface area contributed by atoms with Crippen LogP contribution >= 0.6 is 0 Å². The zero-order chi connectivity index (χ0) is 10.0. The van der Waals surface area contributed by atoms with Gasteiger partial charge in [0.1, 0.15) is 0 Å². The van der Waals surface area contributed by atoms with Crippen LogP contribution in [-0.4, -0.2) is 35.2 Å². The highest BCUT2D eigenvalue weighted by molar-refractivity contribution is 5.88. The molecule has 0 spiro atoms. The Labute approximate surface area is 78.1 Å². The summed E-state index contributed by atoms with van der Waals surface area (Å²) in [6.07, 6.45) is 1.05. The van der Waals surface area contributed by atoms with Crippen LogP contribution in [0.2, 0.25) is 0 Å². The van der Waals surface area contributed by atoms with Crippen molar-refractivity contribution in [3.05, 3.63) is 0 Å². The number of nitrogens with zero attached hydrogens (tertiary/aromatic N) is 1. The first-order valence-electron chi connectivity index (χ1n) is 4.61. The Hall–Kier alpha value is -0.900. The average Bonchev–Trinajstić information content (AvgIpc) is 2.46. The molecule has 1 amide bonds. The molecule has 2 N–H and O–H groups in total. The van der Waals surface area contributed by atoms with Crippen molar-refractivity contribution in [2.75, 3.05) is 6.54 Å². The molecule has 4 heteroatoms. The van der Waals surface area contributed by atoms with E-state index in [1.807, 2.05) is 0 Å². The van der Waals surface area contributed by atoms with Gasteiger partial charge in [0.05, 0.1) is 6.04 Å². The molecule has 1 aliphatic rings. The third kappa shape index (κ3) is 2.06. The molecule has 1 aliphatic heterocycles. The van der Waals surface area contributed by atoms with Crippen LogP contribution in [0.25, 0.3) is 0 Å². The number of Topliss-reactive ketones (excluding diaryl/α,β-unsaturated/α-hetero) is 1. The third-order valence-corrected chi connectivity index (χ3v) is 2.43. The molecule has 0 aromatic carbocycles. The summed E-state index contributed by atoms with van der Waals surface area (Å²) in [5.41, 5.74) is 5.70. The van der Waals surface area contributed by atoms with Crippen LogP contribution in [0.3, 0.4) is 0 Å². The number of amides is 1. The highest BCUT2D eigenvalue weighted by Gasteiger charge is 2.35. The van der Waals surface area contributed by atoms with E-state index >= 15 is 0 Å². The third-order valence-electron chi connectivity index (χ3n) is 2.43. The Balaban J connectivity index is 2.71. The minimum atomic E-state index is -0.276. The number of nitrogens with two attached hydrogens (primary N) is 1. The maximum atomic E-state index is 11.4. The highest BCUT2D eigenvalue weighted by Crippen LogP contribution is 2.18. The smallest absolute Gasteiger partial charge is 0.222 e. The molecule has 0 aliphatic carbocycles. The van der Waals surface area contributed by atoms with Crippen LogP contribution in [-0.2, 0) is 9.59 Å². The van der Waals surface area contributed by atoms with Crippen molar-refractivity contribution in [3.63, 3.8) is 0 Å². The molecule has 1 fully saturated rings. The lowest BCUT2D eigenvalue weighted by atomic mass is 10.1. The van der Waals surface area contributed by atoms with Gasteiger partial charge in [0.15, 0.2) is 5.78 Å². The van der Waals surface area contributed by atoms with Gasteiger partial charge in [-0.25, -0.2) is 0 Å². The van der Waals surface area contributed by atoms with Gasteiger partial charge in [0, 0.05) is 19.0 Å². The summed E-state index contributed by atoms with van der Waals surface area (Å²) >= 11 is 0. The van der Waals surface area contributed by atoms with E-state index in [2.05, 4.69) is 0 Å². The fourth-order valence-corrected chi connectivity index (χ4v) is 1.73. The van der Waals surface area contributed by atoms with E-state index in [9.17, 15) is 9.59 Å². The van der Waals surface area contributed by atoms with Gasteiger partial charge in [-0.15, -0.1) is 0 Å². The number of carbonyl (C=O) groups is 2. The van der Waals surface area contributed by atoms with Gasteiger partial charge in [0.25, 0.3) is 0 Å². The average molecular weight is 184 g/mol. The molecule has 74 valence electrons. The van der Waals surface area contributed by atoms with Crippen molar-refractivity contribution in [1.82, 2.24) is 4.90 Å². The normalized spacial score (nSPS) is 27.8.